The van der Waals surface area contributed by atoms with Crippen LogP contribution in [-0.2, 0) is 16.0 Å². The van der Waals surface area contributed by atoms with Crippen molar-refractivity contribution in [2.45, 2.75) is 26.4 Å². The Kier molecular flexibility index (Phi) is 6.51. The summed E-state index contributed by atoms with van der Waals surface area (Å²) in [6, 6.07) is 13.0. The Balaban J connectivity index is 1.77. The number of nitrogens with one attached hydrogen (secondary N) is 2. The molecule has 0 fully saturated rings. The van der Waals surface area contributed by atoms with Gasteiger partial charge in [-0.3, -0.25) is 9.59 Å². The number of benzene rings is 2. The zero-order valence-corrected chi connectivity index (χ0v) is 14.2. The van der Waals surface area contributed by atoms with Gasteiger partial charge in [0.15, 0.2) is 6.10 Å². The lowest BCUT2D eigenvalue weighted by molar-refractivity contribution is -0.127. The van der Waals surface area contributed by atoms with Crippen molar-refractivity contribution in [1.82, 2.24) is 5.32 Å². The van der Waals surface area contributed by atoms with Crippen molar-refractivity contribution in [2.24, 2.45) is 0 Å². The molecule has 2 aromatic carbocycles. The highest BCUT2D eigenvalue weighted by molar-refractivity contribution is 5.88. The van der Waals surface area contributed by atoms with Crippen LogP contribution in [0.15, 0.2) is 48.5 Å². The molecule has 2 N–H and O–H groups in total. The van der Waals surface area contributed by atoms with Crippen LogP contribution in [0.3, 0.4) is 0 Å². The van der Waals surface area contributed by atoms with Crippen LogP contribution >= 0.6 is 0 Å². The van der Waals surface area contributed by atoms with Gasteiger partial charge >= 0.3 is 0 Å². The maximum atomic E-state index is 12.8. The van der Waals surface area contributed by atoms with E-state index in [0.717, 1.165) is 5.56 Å². The Labute approximate surface area is 146 Å². The average Bonchev–Trinajstić information content (AvgIpc) is 2.58. The van der Waals surface area contributed by atoms with E-state index < -0.39 is 6.10 Å². The molecule has 1 unspecified atom stereocenters. The highest BCUT2D eigenvalue weighted by Crippen LogP contribution is 2.17. The summed E-state index contributed by atoms with van der Waals surface area (Å²) in [6.45, 7) is 3.54. The second-order valence-corrected chi connectivity index (χ2v) is 5.63. The Bertz CT molecular complexity index is 714. The van der Waals surface area contributed by atoms with E-state index in [9.17, 15) is 14.0 Å². The van der Waals surface area contributed by atoms with Gasteiger partial charge in [-0.15, -0.1) is 0 Å². The molecule has 2 amide bonds. The molecule has 1 atom stereocenters. The van der Waals surface area contributed by atoms with Crippen molar-refractivity contribution >= 4 is 17.5 Å². The third kappa shape index (κ3) is 6.25. The second kappa shape index (κ2) is 8.82. The Morgan fingerprint density at radius 2 is 1.72 bits per heavy atom. The van der Waals surface area contributed by atoms with Gasteiger partial charge in [0.1, 0.15) is 11.6 Å². The predicted molar refractivity (Wildman–Crippen MR) is 93.9 cm³/mol. The monoisotopic (exact) mass is 344 g/mol. The Morgan fingerprint density at radius 3 is 2.32 bits per heavy atom. The molecule has 0 heterocycles. The summed E-state index contributed by atoms with van der Waals surface area (Å²) in [6.07, 6.45) is -0.0377. The topological polar surface area (TPSA) is 67.4 Å². The molecule has 2 aromatic rings. The first-order valence-electron chi connectivity index (χ1n) is 8.00. The van der Waals surface area contributed by atoms with Gasteiger partial charge in [-0.2, -0.15) is 0 Å². The summed E-state index contributed by atoms with van der Waals surface area (Å²) in [4.78, 5) is 23.0. The molecule has 6 heteroatoms. The fraction of sp³-hybridized carbons (Fsp3) is 0.263. The van der Waals surface area contributed by atoms with Crippen molar-refractivity contribution in [2.75, 3.05) is 11.9 Å². The largest absolute Gasteiger partial charge is 0.481 e. The number of hydrogen-bond donors (Lipinski definition) is 2. The third-order valence-corrected chi connectivity index (χ3v) is 3.48. The number of anilines is 1. The molecule has 2 rings (SSSR count). The SMILES string of the molecule is CC(=O)Nc1ccc(OC(C)C(=O)NCCc2ccc(F)cc2)cc1. The summed E-state index contributed by atoms with van der Waals surface area (Å²) >= 11 is 0. The Morgan fingerprint density at radius 1 is 1.08 bits per heavy atom. The molecule has 25 heavy (non-hydrogen) atoms. The molecule has 0 radical (unpaired) electrons. The highest BCUT2D eigenvalue weighted by atomic mass is 19.1. The quantitative estimate of drug-likeness (QED) is 0.811. The molecular formula is C19H21FN2O3. The van der Waals surface area contributed by atoms with Gasteiger partial charge in [-0.05, 0) is 55.3 Å². The number of carbonyl (C=O) groups is 2. The molecule has 0 saturated heterocycles. The minimum absolute atomic E-state index is 0.150. The van der Waals surface area contributed by atoms with Crippen LogP contribution in [0.5, 0.6) is 5.75 Å². The van der Waals surface area contributed by atoms with Crippen LogP contribution in [0.4, 0.5) is 10.1 Å². The first-order valence-corrected chi connectivity index (χ1v) is 8.00. The van der Waals surface area contributed by atoms with Crippen molar-refractivity contribution < 1.29 is 18.7 Å². The predicted octanol–water partition coefficient (Wildman–Crippen LogP) is 2.91. The number of halogens is 1. The van der Waals surface area contributed by atoms with E-state index in [4.69, 9.17) is 4.74 Å². The minimum Gasteiger partial charge on any atom is -0.481 e. The fourth-order valence-corrected chi connectivity index (χ4v) is 2.20. The van der Waals surface area contributed by atoms with Gasteiger partial charge in [0.25, 0.3) is 5.91 Å². The van der Waals surface area contributed by atoms with Crippen LogP contribution in [0, 0.1) is 5.82 Å². The van der Waals surface area contributed by atoms with Gasteiger partial charge in [-0.25, -0.2) is 4.39 Å². The molecule has 5 nitrogen and oxygen atoms in total. The zero-order valence-electron chi connectivity index (χ0n) is 14.2. The lowest BCUT2D eigenvalue weighted by Gasteiger charge is -2.15. The molecule has 0 bridgehead atoms. The van der Waals surface area contributed by atoms with E-state index in [2.05, 4.69) is 10.6 Å². The van der Waals surface area contributed by atoms with E-state index >= 15 is 0 Å². The second-order valence-electron chi connectivity index (χ2n) is 5.63. The van der Waals surface area contributed by atoms with E-state index in [-0.39, 0.29) is 17.6 Å². The minimum atomic E-state index is -0.653. The molecule has 0 spiro atoms. The average molecular weight is 344 g/mol. The van der Waals surface area contributed by atoms with Crippen molar-refractivity contribution in [3.8, 4) is 5.75 Å². The number of hydrogen-bond acceptors (Lipinski definition) is 3. The van der Waals surface area contributed by atoms with Gasteiger partial charge in [0.2, 0.25) is 5.91 Å². The standard InChI is InChI=1S/C19H21FN2O3/c1-13(25-18-9-7-17(8-10-18)22-14(2)23)19(24)21-12-11-15-3-5-16(20)6-4-15/h3-10,13H,11-12H2,1-2H3,(H,21,24)(H,22,23). The summed E-state index contributed by atoms with van der Waals surface area (Å²) in [5.41, 5.74) is 1.61. The van der Waals surface area contributed by atoms with Crippen LogP contribution in [-0.4, -0.2) is 24.5 Å². The zero-order chi connectivity index (χ0) is 18.2. The first kappa shape index (κ1) is 18.4. The first-order chi connectivity index (χ1) is 11.9. The van der Waals surface area contributed by atoms with Gasteiger partial charge in [0, 0.05) is 19.2 Å². The lowest BCUT2D eigenvalue weighted by Crippen LogP contribution is -2.37. The maximum absolute atomic E-state index is 12.8. The molecule has 0 aromatic heterocycles. The molecule has 0 aliphatic carbocycles. The molecule has 0 saturated carbocycles. The number of ether oxygens (including phenoxy) is 1. The summed E-state index contributed by atoms with van der Waals surface area (Å²) in [5.74, 6) is -0.120. The summed E-state index contributed by atoms with van der Waals surface area (Å²) < 4.78 is 18.4. The van der Waals surface area contributed by atoms with E-state index in [0.29, 0.717) is 24.4 Å². The van der Waals surface area contributed by atoms with Crippen LogP contribution in [0.2, 0.25) is 0 Å². The van der Waals surface area contributed by atoms with Crippen molar-refractivity contribution in [1.29, 1.82) is 0 Å². The van der Waals surface area contributed by atoms with Gasteiger partial charge in [-0.1, -0.05) is 12.1 Å². The molecule has 0 aliphatic rings. The van der Waals surface area contributed by atoms with Crippen molar-refractivity contribution in [3.63, 3.8) is 0 Å². The molecule has 0 aliphatic heterocycles. The normalized spacial score (nSPS) is 11.5. The lowest BCUT2D eigenvalue weighted by atomic mass is 10.1. The Hall–Kier alpha value is -2.89. The van der Waals surface area contributed by atoms with E-state index in [1.807, 2.05) is 0 Å². The smallest absolute Gasteiger partial charge is 0.260 e. The molecular weight excluding hydrogens is 323 g/mol. The van der Waals surface area contributed by atoms with E-state index in [1.165, 1.54) is 19.1 Å². The summed E-state index contributed by atoms with van der Waals surface area (Å²) in [7, 11) is 0. The van der Waals surface area contributed by atoms with Crippen LogP contribution in [0.1, 0.15) is 19.4 Å². The fourth-order valence-electron chi connectivity index (χ4n) is 2.20. The molecule has 132 valence electrons. The number of amides is 2. The number of carbonyl (C=O) groups excluding carboxylic acids is 2. The van der Waals surface area contributed by atoms with E-state index in [1.54, 1.807) is 43.3 Å². The highest BCUT2D eigenvalue weighted by Gasteiger charge is 2.14. The summed E-state index contributed by atoms with van der Waals surface area (Å²) in [5, 5.41) is 5.45. The third-order valence-electron chi connectivity index (χ3n) is 3.48. The number of rotatable bonds is 7. The van der Waals surface area contributed by atoms with Crippen LogP contribution in [0.25, 0.3) is 0 Å². The van der Waals surface area contributed by atoms with Gasteiger partial charge < -0.3 is 15.4 Å². The van der Waals surface area contributed by atoms with Crippen molar-refractivity contribution in [3.05, 3.63) is 59.9 Å². The van der Waals surface area contributed by atoms with Crippen LogP contribution < -0.4 is 15.4 Å². The maximum Gasteiger partial charge on any atom is 0.260 e. The van der Waals surface area contributed by atoms with Gasteiger partial charge in [0.05, 0.1) is 0 Å².